The van der Waals surface area contributed by atoms with Crippen molar-refractivity contribution < 1.29 is 9.47 Å². The Morgan fingerprint density at radius 1 is 0.926 bits per heavy atom. The van der Waals surface area contributed by atoms with Crippen LogP contribution in [0.5, 0.6) is 0 Å². The van der Waals surface area contributed by atoms with E-state index in [0.717, 1.165) is 30.8 Å². The first-order valence-corrected chi connectivity index (χ1v) is 11.9. The van der Waals surface area contributed by atoms with Crippen molar-refractivity contribution in [2.24, 2.45) is 17.8 Å². The Morgan fingerprint density at radius 3 is 2.15 bits per heavy atom. The third-order valence-corrected chi connectivity index (χ3v) is 5.99. The summed E-state index contributed by atoms with van der Waals surface area (Å²) in [6, 6.07) is 0. The predicted molar refractivity (Wildman–Crippen MR) is 118 cm³/mol. The molecule has 3 atom stereocenters. The van der Waals surface area contributed by atoms with Crippen LogP contribution in [0, 0.1) is 17.8 Å². The van der Waals surface area contributed by atoms with Crippen LogP contribution < -0.4 is 0 Å². The van der Waals surface area contributed by atoms with Crippen LogP contribution in [0.4, 0.5) is 0 Å². The molecule has 2 heteroatoms. The lowest BCUT2D eigenvalue weighted by atomic mass is 9.91. The first-order chi connectivity index (χ1) is 13.0. The molecule has 0 aliphatic carbocycles. The molecule has 1 aliphatic rings. The monoisotopic (exact) mass is 380 g/mol. The van der Waals surface area contributed by atoms with Crippen LogP contribution in [0.3, 0.4) is 0 Å². The molecule has 1 fully saturated rings. The summed E-state index contributed by atoms with van der Waals surface area (Å²) >= 11 is 0. The van der Waals surface area contributed by atoms with Gasteiger partial charge in [-0.15, -0.1) is 0 Å². The Balaban J connectivity index is 1.98. The minimum atomic E-state index is 0.0376. The summed E-state index contributed by atoms with van der Waals surface area (Å²) in [5.41, 5.74) is 1.47. The second-order valence-corrected chi connectivity index (χ2v) is 9.54. The lowest BCUT2D eigenvalue weighted by molar-refractivity contribution is -0.155. The molecule has 0 bridgehead atoms. The summed E-state index contributed by atoms with van der Waals surface area (Å²) < 4.78 is 11.4. The van der Waals surface area contributed by atoms with Crippen molar-refractivity contribution >= 4 is 0 Å². The third kappa shape index (κ3) is 14.3. The fourth-order valence-corrected chi connectivity index (χ4v) is 3.95. The van der Waals surface area contributed by atoms with Gasteiger partial charge in [0.25, 0.3) is 0 Å². The molecule has 2 nitrogen and oxygen atoms in total. The summed E-state index contributed by atoms with van der Waals surface area (Å²) in [5, 5.41) is 0. The van der Waals surface area contributed by atoms with Gasteiger partial charge in [0.2, 0.25) is 0 Å². The quantitative estimate of drug-likeness (QED) is 0.269. The van der Waals surface area contributed by atoms with Crippen LogP contribution in [-0.2, 0) is 9.47 Å². The fraction of sp³-hybridized carbons (Fsp3) is 0.920. The zero-order valence-electron chi connectivity index (χ0n) is 19.1. The molecule has 1 heterocycles. The van der Waals surface area contributed by atoms with Crippen LogP contribution in [0.1, 0.15) is 112 Å². The highest BCUT2D eigenvalue weighted by molar-refractivity contribution is 4.97. The van der Waals surface area contributed by atoms with E-state index < -0.39 is 0 Å². The van der Waals surface area contributed by atoms with Gasteiger partial charge in [0.1, 0.15) is 0 Å². The minimum absolute atomic E-state index is 0.0376. The predicted octanol–water partition coefficient (Wildman–Crippen LogP) is 7.92. The maximum absolute atomic E-state index is 5.80. The summed E-state index contributed by atoms with van der Waals surface area (Å²) in [5.74, 6) is 2.64. The first-order valence-electron chi connectivity index (χ1n) is 11.9. The van der Waals surface area contributed by atoms with E-state index in [9.17, 15) is 0 Å². The van der Waals surface area contributed by atoms with Gasteiger partial charge in [0, 0.05) is 6.61 Å². The Labute approximate surface area is 170 Å². The molecule has 0 saturated carbocycles. The fourth-order valence-electron chi connectivity index (χ4n) is 3.95. The van der Waals surface area contributed by atoms with Crippen molar-refractivity contribution in [1.82, 2.24) is 0 Å². The summed E-state index contributed by atoms with van der Waals surface area (Å²) in [6.45, 7) is 13.4. The molecule has 27 heavy (non-hydrogen) atoms. The molecular formula is C25H48O2. The van der Waals surface area contributed by atoms with Gasteiger partial charge in [0.05, 0.1) is 6.61 Å². The van der Waals surface area contributed by atoms with Gasteiger partial charge in [-0.2, -0.15) is 0 Å². The highest BCUT2D eigenvalue weighted by atomic mass is 16.7. The normalized spacial score (nSPS) is 20.8. The molecule has 0 amide bonds. The van der Waals surface area contributed by atoms with Crippen molar-refractivity contribution in [2.45, 2.75) is 118 Å². The van der Waals surface area contributed by atoms with Crippen LogP contribution in [0.15, 0.2) is 11.6 Å². The number of allylic oxidation sites excluding steroid dienone is 1. The number of ether oxygens (including phenoxy) is 2. The highest BCUT2D eigenvalue weighted by Gasteiger charge is 2.13. The zero-order valence-corrected chi connectivity index (χ0v) is 19.1. The van der Waals surface area contributed by atoms with Crippen molar-refractivity contribution in [2.75, 3.05) is 13.2 Å². The van der Waals surface area contributed by atoms with E-state index in [0.29, 0.717) is 6.61 Å². The van der Waals surface area contributed by atoms with E-state index in [1.165, 1.54) is 76.2 Å². The minimum Gasteiger partial charge on any atom is -0.353 e. The van der Waals surface area contributed by atoms with Gasteiger partial charge >= 0.3 is 0 Å². The number of hydrogen-bond donors (Lipinski definition) is 0. The largest absolute Gasteiger partial charge is 0.353 e. The van der Waals surface area contributed by atoms with E-state index in [4.69, 9.17) is 9.47 Å². The van der Waals surface area contributed by atoms with Crippen molar-refractivity contribution in [3.05, 3.63) is 11.6 Å². The van der Waals surface area contributed by atoms with Crippen molar-refractivity contribution in [3.63, 3.8) is 0 Å². The average Bonchev–Trinajstić information content (AvgIpc) is 2.62. The summed E-state index contributed by atoms with van der Waals surface area (Å²) in [4.78, 5) is 0. The van der Waals surface area contributed by atoms with E-state index in [1.54, 1.807) is 0 Å². The molecule has 0 spiro atoms. The molecule has 1 unspecified atom stereocenters. The Hall–Kier alpha value is -0.340. The maximum Gasteiger partial charge on any atom is 0.157 e. The Kier molecular flexibility index (Phi) is 14.2. The molecule has 0 aromatic carbocycles. The zero-order chi connectivity index (χ0) is 19.9. The van der Waals surface area contributed by atoms with Crippen molar-refractivity contribution in [1.29, 1.82) is 0 Å². The van der Waals surface area contributed by atoms with Gasteiger partial charge in [-0.05, 0) is 56.8 Å². The Morgan fingerprint density at radius 2 is 1.56 bits per heavy atom. The highest BCUT2D eigenvalue weighted by Crippen LogP contribution is 2.22. The van der Waals surface area contributed by atoms with Crippen LogP contribution in [-0.4, -0.2) is 19.5 Å². The molecule has 1 aliphatic heterocycles. The lowest BCUT2D eigenvalue weighted by Gasteiger charge is -2.22. The standard InChI is InChI=1S/C25H48O2/c1-21(2)11-8-12-22(3)13-9-14-23(4)15-10-16-24(5)18-20-27-25-17-6-7-19-26-25/h18,21-23,25H,6-17,19-20H2,1-5H3/b24-18+/t22-,23-,25?/m1/s1. The SMILES string of the molecule is C/C(=C\COC1CCCCO1)CCC[C@H](C)CCC[C@H](C)CCCC(C)C. The molecule has 1 rings (SSSR count). The summed E-state index contributed by atoms with van der Waals surface area (Å²) in [7, 11) is 0. The van der Waals surface area contributed by atoms with Gasteiger partial charge < -0.3 is 9.47 Å². The molecule has 0 aromatic rings. The van der Waals surface area contributed by atoms with Crippen LogP contribution in [0.25, 0.3) is 0 Å². The smallest absolute Gasteiger partial charge is 0.157 e. The van der Waals surface area contributed by atoms with Crippen LogP contribution >= 0.6 is 0 Å². The second kappa shape index (κ2) is 15.6. The van der Waals surface area contributed by atoms with Crippen molar-refractivity contribution in [3.8, 4) is 0 Å². The van der Waals surface area contributed by atoms with Gasteiger partial charge in [-0.25, -0.2) is 0 Å². The van der Waals surface area contributed by atoms with E-state index in [-0.39, 0.29) is 6.29 Å². The van der Waals surface area contributed by atoms with E-state index in [1.807, 2.05) is 0 Å². The lowest BCUT2D eigenvalue weighted by Crippen LogP contribution is -2.22. The average molecular weight is 381 g/mol. The second-order valence-electron chi connectivity index (χ2n) is 9.54. The van der Waals surface area contributed by atoms with E-state index in [2.05, 4.69) is 40.7 Å². The summed E-state index contributed by atoms with van der Waals surface area (Å²) in [6.07, 6.45) is 18.1. The topological polar surface area (TPSA) is 18.5 Å². The number of hydrogen-bond acceptors (Lipinski definition) is 2. The molecule has 1 saturated heterocycles. The molecule has 0 radical (unpaired) electrons. The third-order valence-electron chi connectivity index (χ3n) is 5.99. The van der Waals surface area contributed by atoms with E-state index >= 15 is 0 Å². The maximum atomic E-state index is 5.80. The van der Waals surface area contributed by atoms with Gasteiger partial charge in [-0.3, -0.25) is 0 Å². The number of rotatable bonds is 15. The van der Waals surface area contributed by atoms with Crippen LogP contribution in [0.2, 0.25) is 0 Å². The first kappa shape index (κ1) is 24.7. The molecule has 160 valence electrons. The van der Waals surface area contributed by atoms with Gasteiger partial charge in [0.15, 0.2) is 6.29 Å². The molecule has 0 aromatic heterocycles. The van der Waals surface area contributed by atoms with Gasteiger partial charge in [-0.1, -0.05) is 84.3 Å². The molecule has 0 N–H and O–H groups in total. The molecular weight excluding hydrogens is 332 g/mol. The Bertz CT molecular complexity index is 369.